The van der Waals surface area contributed by atoms with Gasteiger partial charge >= 0.3 is 0 Å². The molecule has 2 aromatic rings. The SMILES string of the molecule is O=C(Nc1ccccc1)[C@@H]1CC(=O)N(Cc2ccccc2Cl)C1. The van der Waals surface area contributed by atoms with Gasteiger partial charge in [0.15, 0.2) is 0 Å². The molecule has 1 aliphatic heterocycles. The van der Waals surface area contributed by atoms with Crippen LogP contribution in [0.4, 0.5) is 5.69 Å². The van der Waals surface area contributed by atoms with Gasteiger partial charge in [0.05, 0.1) is 5.92 Å². The predicted molar refractivity (Wildman–Crippen MR) is 90.0 cm³/mol. The topological polar surface area (TPSA) is 49.4 Å². The standard InChI is InChI=1S/C18H17ClN2O2/c19-16-9-5-4-6-13(16)11-21-12-14(10-17(21)22)18(23)20-15-7-2-1-3-8-15/h1-9,14H,10-12H2,(H,20,23)/t14-/m1/s1. The molecule has 0 unspecified atom stereocenters. The van der Waals surface area contributed by atoms with Crippen molar-refractivity contribution in [2.24, 2.45) is 5.92 Å². The number of nitrogens with zero attached hydrogens (tertiary/aromatic N) is 1. The summed E-state index contributed by atoms with van der Waals surface area (Å²) in [5.74, 6) is -0.463. The Labute approximate surface area is 140 Å². The average Bonchev–Trinajstić information content (AvgIpc) is 2.92. The number of carbonyl (C=O) groups excluding carboxylic acids is 2. The van der Waals surface area contributed by atoms with Gasteiger partial charge in [-0.2, -0.15) is 0 Å². The molecule has 2 aromatic carbocycles. The monoisotopic (exact) mass is 328 g/mol. The van der Waals surface area contributed by atoms with Crippen LogP contribution in [0.25, 0.3) is 0 Å². The third-order valence-electron chi connectivity index (χ3n) is 3.95. The van der Waals surface area contributed by atoms with Crippen molar-refractivity contribution >= 4 is 29.1 Å². The molecule has 1 N–H and O–H groups in total. The Bertz CT molecular complexity index is 718. The third kappa shape index (κ3) is 3.71. The fourth-order valence-electron chi connectivity index (χ4n) is 2.70. The van der Waals surface area contributed by atoms with Gasteiger partial charge in [0.1, 0.15) is 0 Å². The molecule has 1 saturated heterocycles. The van der Waals surface area contributed by atoms with Gasteiger partial charge in [-0.05, 0) is 23.8 Å². The van der Waals surface area contributed by atoms with E-state index in [9.17, 15) is 9.59 Å². The van der Waals surface area contributed by atoms with Crippen LogP contribution in [0, 0.1) is 5.92 Å². The Kier molecular flexibility index (Phi) is 4.63. The minimum atomic E-state index is -0.329. The molecule has 1 atom stereocenters. The zero-order valence-electron chi connectivity index (χ0n) is 12.5. The number of amides is 2. The van der Waals surface area contributed by atoms with Crippen molar-refractivity contribution in [1.29, 1.82) is 0 Å². The fourth-order valence-corrected chi connectivity index (χ4v) is 2.89. The molecule has 5 heteroatoms. The molecule has 0 saturated carbocycles. The Balaban J connectivity index is 1.63. The average molecular weight is 329 g/mol. The highest BCUT2D eigenvalue weighted by Crippen LogP contribution is 2.24. The number of anilines is 1. The van der Waals surface area contributed by atoms with Crippen molar-refractivity contribution < 1.29 is 9.59 Å². The lowest BCUT2D eigenvalue weighted by molar-refractivity contribution is -0.128. The van der Waals surface area contributed by atoms with E-state index in [1.54, 1.807) is 11.0 Å². The van der Waals surface area contributed by atoms with Crippen LogP contribution < -0.4 is 5.32 Å². The quantitative estimate of drug-likeness (QED) is 0.936. The summed E-state index contributed by atoms with van der Waals surface area (Å²) in [7, 11) is 0. The summed E-state index contributed by atoms with van der Waals surface area (Å²) in [6.07, 6.45) is 0.239. The van der Waals surface area contributed by atoms with E-state index >= 15 is 0 Å². The molecular formula is C18H17ClN2O2. The van der Waals surface area contributed by atoms with Crippen molar-refractivity contribution in [3.8, 4) is 0 Å². The second-order valence-corrected chi connectivity index (χ2v) is 6.03. The molecule has 1 aliphatic rings. The lowest BCUT2D eigenvalue weighted by Crippen LogP contribution is -2.28. The summed E-state index contributed by atoms with van der Waals surface area (Å²) < 4.78 is 0. The first-order chi connectivity index (χ1) is 11.1. The Morgan fingerprint density at radius 3 is 2.57 bits per heavy atom. The van der Waals surface area contributed by atoms with Gasteiger partial charge in [0.25, 0.3) is 0 Å². The van der Waals surface area contributed by atoms with Gasteiger partial charge in [0, 0.05) is 30.2 Å². The van der Waals surface area contributed by atoms with Gasteiger partial charge in [-0.3, -0.25) is 9.59 Å². The number of rotatable bonds is 4. The van der Waals surface area contributed by atoms with E-state index in [-0.39, 0.29) is 24.2 Å². The summed E-state index contributed by atoms with van der Waals surface area (Å²) in [6.45, 7) is 0.857. The first-order valence-corrected chi connectivity index (χ1v) is 7.88. The maximum absolute atomic E-state index is 12.3. The highest BCUT2D eigenvalue weighted by Gasteiger charge is 2.34. The molecule has 0 aliphatic carbocycles. The second-order valence-electron chi connectivity index (χ2n) is 5.62. The molecule has 4 nitrogen and oxygen atoms in total. The molecule has 0 radical (unpaired) electrons. The first-order valence-electron chi connectivity index (χ1n) is 7.50. The molecule has 23 heavy (non-hydrogen) atoms. The Morgan fingerprint density at radius 1 is 1.13 bits per heavy atom. The van der Waals surface area contributed by atoms with E-state index in [1.807, 2.05) is 48.5 Å². The van der Waals surface area contributed by atoms with Crippen molar-refractivity contribution in [2.75, 3.05) is 11.9 Å². The van der Waals surface area contributed by atoms with Crippen molar-refractivity contribution in [3.05, 3.63) is 65.2 Å². The number of carbonyl (C=O) groups is 2. The van der Waals surface area contributed by atoms with Crippen molar-refractivity contribution in [1.82, 2.24) is 4.90 Å². The number of hydrogen-bond donors (Lipinski definition) is 1. The lowest BCUT2D eigenvalue weighted by Gasteiger charge is -2.17. The van der Waals surface area contributed by atoms with Gasteiger partial charge in [0.2, 0.25) is 11.8 Å². The highest BCUT2D eigenvalue weighted by molar-refractivity contribution is 6.31. The summed E-state index contributed by atoms with van der Waals surface area (Å²) in [5, 5.41) is 3.49. The third-order valence-corrected chi connectivity index (χ3v) is 4.31. The summed E-state index contributed by atoms with van der Waals surface area (Å²) in [6, 6.07) is 16.7. The number of para-hydroxylation sites is 1. The van der Waals surface area contributed by atoms with Crippen LogP contribution in [0.2, 0.25) is 5.02 Å². The zero-order valence-corrected chi connectivity index (χ0v) is 13.3. The van der Waals surface area contributed by atoms with E-state index in [1.165, 1.54) is 0 Å². The van der Waals surface area contributed by atoms with Gasteiger partial charge in [-0.25, -0.2) is 0 Å². The van der Waals surface area contributed by atoms with E-state index in [0.717, 1.165) is 11.3 Å². The van der Waals surface area contributed by atoms with Crippen LogP contribution in [0.1, 0.15) is 12.0 Å². The number of likely N-dealkylation sites (tertiary alicyclic amines) is 1. The molecule has 0 spiro atoms. The maximum atomic E-state index is 12.3. The number of halogens is 1. The van der Waals surface area contributed by atoms with E-state index < -0.39 is 0 Å². The van der Waals surface area contributed by atoms with E-state index in [0.29, 0.717) is 18.1 Å². The minimum absolute atomic E-state index is 0.0156. The normalized spacial score (nSPS) is 17.3. The summed E-state index contributed by atoms with van der Waals surface area (Å²) in [4.78, 5) is 26.2. The van der Waals surface area contributed by atoms with Crippen LogP contribution in [0.15, 0.2) is 54.6 Å². The smallest absolute Gasteiger partial charge is 0.229 e. The van der Waals surface area contributed by atoms with Crippen molar-refractivity contribution in [2.45, 2.75) is 13.0 Å². The van der Waals surface area contributed by atoms with Crippen LogP contribution in [-0.4, -0.2) is 23.3 Å². The van der Waals surface area contributed by atoms with Gasteiger partial charge in [-0.15, -0.1) is 0 Å². The molecule has 0 aromatic heterocycles. The minimum Gasteiger partial charge on any atom is -0.337 e. The largest absolute Gasteiger partial charge is 0.337 e. The second kappa shape index (κ2) is 6.84. The molecule has 118 valence electrons. The molecular weight excluding hydrogens is 312 g/mol. The first kappa shape index (κ1) is 15.6. The van der Waals surface area contributed by atoms with Crippen LogP contribution in [0.3, 0.4) is 0 Å². The molecule has 1 fully saturated rings. The number of benzene rings is 2. The Morgan fingerprint density at radius 2 is 1.83 bits per heavy atom. The fraction of sp³-hybridized carbons (Fsp3) is 0.222. The summed E-state index contributed by atoms with van der Waals surface area (Å²) >= 11 is 6.14. The zero-order chi connectivity index (χ0) is 16.2. The molecule has 0 bridgehead atoms. The van der Waals surface area contributed by atoms with Crippen LogP contribution in [0.5, 0.6) is 0 Å². The van der Waals surface area contributed by atoms with Crippen molar-refractivity contribution in [3.63, 3.8) is 0 Å². The summed E-state index contributed by atoms with van der Waals surface area (Å²) in [5.41, 5.74) is 1.64. The van der Waals surface area contributed by atoms with E-state index in [4.69, 9.17) is 11.6 Å². The molecule has 3 rings (SSSR count). The predicted octanol–water partition coefficient (Wildman–Crippen LogP) is 3.33. The highest BCUT2D eigenvalue weighted by atomic mass is 35.5. The molecule has 2 amide bonds. The molecule has 1 heterocycles. The van der Waals surface area contributed by atoms with Crippen LogP contribution >= 0.6 is 11.6 Å². The van der Waals surface area contributed by atoms with Gasteiger partial charge in [-0.1, -0.05) is 48.0 Å². The van der Waals surface area contributed by atoms with Crippen LogP contribution in [-0.2, 0) is 16.1 Å². The number of hydrogen-bond acceptors (Lipinski definition) is 2. The number of nitrogens with one attached hydrogen (secondary N) is 1. The maximum Gasteiger partial charge on any atom is 0.229 e. The van der Waals surface area contributed by atoms with Gasteiger partial charge < -0.3 is 10.2 Å². The van der Waals surface area contributed by atoms with E-state index in [2.05, 4.69) is 5.32 Å². The lowest BCUT2D eigenvalue weighted by atomic mass is 10.1. The Hall–Kier alpha value is -2.33.